The summed E-state index contributed by atoms with van der Waals surface area (Å²) < 4.78 is 5.30. The number of rotatable bonds is 1. The minimum absolute atomic E-state index is 0.0616. The predicted molar refractivity (Wildman–Crippen MR) is 61.2 cm³/mol. The van der Waals surface area contributed by atoms with E-state index in [1.807, 2.05) is 32.9 Å². The Morgan fingerprint density at radius 1 is 1.53 bits per heavy atom. The standard InChI is InChI=1S/C11H18ClNO2/c1-11(2,3)15-10(14)13-7-5-4-6-9(13)8-12/h4-5,9H,6-8H2,1-3H3. The molecule has 0 bridgehead atoms. The van der Waals surface area contributed by atoms with E-state index in [4.69, 9.17) is 16.3 Å². The topological polar surface area (TPSA) is 29.5 Å². The summed E-state index contributed by atoms with van der Waals surface area (Å²) in [4.78, 5) is 13.5. The molecule has 3 nitrogen and oxygen atoms in total. The largest absolute Gasteiger partial charge is 0.444 e. The quantitative estimate of drug-likeness (QED) is 0.513. The summed E-state index contributed by atoms with van der Waals surface area (Å²) in [5.74, 6) is 0.448. The van der Waals surface area contributed by atoms with Crippen LogP contribution in [0.1, 0.15) is 27.2 Å². The Morgan fingerprint density at radius 3 is 2.73 bits per heavy atom. The van der Waals surface area contributed by atoms with Crippen LogP contribution in [0.15, 0.2) is 12.2 Å². The lowest BCUT2D eigenvalue weighted by Crippen LogP contribution is -2.45. The minimum atomic E-state index is -0.449. The molecule has 0 saturated heterocycles. The summed E-state index contributed by atoms with van der Waals surface area (Å²) in [5.41, 5.74) is -0.449. The number of amides is 1. The second kappa shape index (κ2) is 4.88. The van der Waals surface area contributed by atoms with Gasteiger partial charge in [0.05, 0.1) is 6.04 Å². The first-order valence-electron chi connectivity index (χ1n) is 5.14. The van der Waals surface area contributed by atoms with Crippen molar-refractivity contribution in [3.8, 4) is 0 Å². The van der Waals surface area contributed by atoms with E-state index in [1.54, 1.807) is 4.90 Å². The lowest BCUT2D eigenvalue weighted by atomic mass is 10.1. The zero-order valence-electron chi connectivity index (χ0n) is 9.50. The fourth-order valence-electron chi connectivity index (χ4n) is 1.41. The van der Waals surface area contributed by atoms with E-state index >= 15 is 0 Å². The number of hydrogen-bond acceptors (Lipinski definition) is 2. The Bertz CT molecular complexity index is 258. The van der Waals surface area contributed by atoms with Crippen LogP contribution in [0.2, 0.25) is 0 Å². The molecular formula is C11H18ClNO2. The van der Waals surface area contributed by atoms with E-state index in [1.165, 1.54) is 0 Å². The van der Waals surface area contributed by atoms with Crippen molar-refractivity contribution in [1.29, 1.82) is 0 Å². The molecule has 0 radical (unpaired) electrons. The van der Waals surface area contributed by atoms with E-state index in [0.29, 0.717) is 12.4 Å². The molecule has 15 heavy (non-hydrogen) atoms. The molecule has 1 aliphatic heterocycles. The van der Waals surface area contributed by atoms with Crippen LogP contribution in [0, 0.1) is 0 Å². The molecule has 0 aromatic heterocycles. The molecule has 0 saturated carbocycles. The molecule has 1 unspecified atom stereocenters. The molecule has 1 heterocycles. The van der Waals surface area contributed by atoms with Crippen LogP contribution in [0.5, 0.6) is 0 Å². The third-order valence-corrected chi connectivity index (χ3v) is 2.48. The van der Waals surface area contributed by atoms with Gasteiger partial charge in [0.1, 0.15) is 5.60 Å². The fourth-order valence-corrected chi connectivity index (χ4v) is 1.70. The van der Waals surface area contributed by atoms with Crippen molar-refractivity contribution in [2.45, 2.75) is 38.8 Å². The van der Waals surface area contributed by atoms with Gasteiger partial charge in [-0.05, 0) is 27.2 Å². The van der Waals surface area contributed by atoms with Gasteiger partial charge in [-0.1, -0.05) is 12.2 Å². The lowest BCUT2D eigenvalue weighted by Gasteiger charge is -2.33. The first-order chi connectivity index (χ1) is 6.94. The number of halogens is 1. The third-order valence-electron chi connectivity index (χ3n) is 2.12. The normalized spacial score (nSPS) is 21.6. The van der Waals surface area contributed by atoms with Crippen molar-refractivity contribution in [3.05, 3.63) is 12.2 Å². The maximum absolute atomic E-state index is 11.8. The van der Waals surface area contributed by atoms with Gasteiger partial charge in [-0.25, -0.2) is 4.79 Å². The Hall–Kier alpha value is -0.700. The second-order valence-corrected chi connectivity index (χ2v) is 4.96. The molecule has 0 N–H and O–H groups in total. The highest BCUT2D eigenvalue weighted by Crippen LogP contribution is 2.17. The number of nitrogens with zero attached hydrogens (tertiary/aromatic N) is 1. The van der Waals surface area contributed by atoms with Crippen LogP contribution in [-0.2, 0) is 4.74 Å². The van der Waals surface area contributed by atoms with Gasteiger partial charge in [0.2, 0.25) is 0 Å². The molecule has 0 aromatic rings. The summed E-state index contributed by atoms with van der Waals surface area (Å²) in [5, 5.41) is 0. The van der Waals surface area contributed by atoms with E-state index in [2.05, 4.69) is 0 Å². The zero-order chi connectivity index (χ0) is 11.5. The molecule has 0 aliphatic carbocycles. The fraction of sp³-hybridized carbons (Fsp3) is 0.727. The third kappa shape index (κ3) is 3.74. The highest BCUT2D eigenvalue weighted by molar-refractivity contribution is 6.18. The first-order valence-corrected chi connectivity index (χ1v) is 5.68. The Balaban J connectivity index is 2.61. The monoisotopic (exact) mass is 231 g/mol. The van der Waals surface area contributed by atoms with E-state index in [-0.39, 0.29) is 12.1 Å². The van der Waals surface area contributed by atoms with Crippen molar-refractivity contribution in [2.24, 2.45) is 0 Å². The van der Waals surface area contributed by atoms with Crippen LogP contribution < -0.4 is 0 Å². The Labute approximate surface area is 96.0 Å². The minimum Gasteiger partial charge on any atom is -0.444 e. The maximum Gasteiger partial charge on any atom is 0.410 e. The van der Waals surface area contributed by atoms with Crippen LogP contribution in [0.4, 0.5) is 4.79 Å². The number of hydrogen-bond donors (Lipinski definition) is 0. The van der Waals surface area contributed by atoms with E-state index in [0.717, 1.165) is 6.42 Å². The van der Waals surface area contributed by atoms with Gasteiger partial charge in [-0.3, -0.25) is 4.90 Å². The summed E-state index contributed by atoms with van der Waals surface area (Å²) in [6.45, 7) is 6.17. The van der Waals surface area contributed by atoms with Crippen molar-refractivity contribution >= 4 is 17.7 Å². The summed E-state index contributed by atoms with van der Waals surface area (Å²) in [7, 11) is 0. The average molecular weight is 232 g/mol. The van der Waals surface area contributed by atoms with Gasteiger partial charge < -0.3 is 4.74 Å². The second-order valence-electron chi connectivity index (χ2n) is 4.65. The van der Waals surface area contributed by atoms with E-state index in [9.17, 15) is 4.79 Å². The molecule has 4 heteroatoms. The smallest absolute Gasteiger partial charge is 0.410 e. The average Bonchev–Trinajstić information content (AvgIpc) is 2.15. The number of ether oxygens (including phenoxy) is 1. The highest BCUT2D eigenvalue weighted by Gasteiger charge is 2.27. The molecule has 1 atom stereocenters. The van der Waals surface area contributed by atoms with Crippen LogP contribution in [-0.4, -0.2) is 35.1 Å². The van der Waals surface area contributed by atoms with Crippen molar-refractivity contribution < 1.29 is 9.53 Å². The Morgan fingerprint density at radius 2 is 2.20 bits per heavy atom. The van der Waals surface area contributed by atoms with Crippen LogP contribution >= 0.6 is 11.6 Å². The van der Waals surface area contributed by atoms with E-state index < -0.39 is 5.60 Å². The van der Waals surface area contributed by atoms with Gasteiger partial charge >= 0.3 is 6.09 Å². The zero-order valence-corrected chi connectivity index (χ0v) is 10.3. The van der Waals surface area contributed by atoms with Crippen molar-refractivity contribution in [1.82, 2.24) is 4.90 Å². The van der Waals surface area contributed by atoms with Crippen molar-refractivity contribution in [2.75, 3.05) is 12.4 Å². The first kappa shape index (κ1) is 12.4. The highest BCUT2D eigenvalue weighted by atomic mass is 35.5. The molecule has 0 aromatic carbocycles. The van der Waals surface area contributed by atoms with Gasteiger partial charge in [0, 0.05) is 12.4 Å². The predicted octanol–water partition coefficient (Wildman–Crippen LogP) is 2.79. The molecular weight excluding hydrogens is 214 g/mol. The van der Waals surface area contributed by atoms with Gasteiger partial charge in [-0.15, -0.1) is 11.6 Å². The molecule has 1 rings (SSSR count). The summed E-state index contributed by atoms with van der Waals surface area (Å²) in [6.07, 6.45) is 4.54. The molecule has 0 fully saturated rings. The summed E-state index contributed by atoms with van der Waals surface area (Å²) >= 11 is 5.81. The van der Waals surface area contributed by atoms with Gasteiger partial charge in [0.15, 0.2) is 0 Å². The summed E-state index contributed by atoms with van der Waals surface area (Å²) in [6, 6.07) is 0.0616. The number of alkyl halides is 1. The molecule has 1 amide bonds. The van der Waals surface area contributed by atoms with Crippen LogP contribution in [0.3, 0.4) is 0 Å². The Kier molecular flexibility index (Phi) is 4.03. The SMILES string of the molecule is CC(C)(C)OC(=O)N1CC=CCC1CCl. The maximum atomic E-state index is 11.8. The van der Waals surface area contributed by atoms with Crippen LogP contribution in [0.25, 0.3) is 0 Å². The number of carbonyl (C=O) groups excluding carboxylic acids is 1. The van der Waals surface area contributed by atoms with Crippen molar-refractivity contribution in [3.63, 3.8) is 0 Å². The van der Waals surface area contributed by atoms with Gasteiger partial charge in [0.25, 0.3) is 0 Å². The lowest BCUT2D eigenvalue weighted by molar-refractivity contribution is 0.0198. The molecule has 86 valence electrons. The van der Waals surface area contributed by atoms with Gasteiger partial charge in [-0.2, -0.15) is 0 Å². The number of carbonyl (C=O) groups is 1. The molecule has 0 spiro atoms. The molecule has 1 aliphatic rings.